The van der Waals surface area contributed by atoms with Crippen LogP contribution in [0.3, 0.4) is 0 Å². The van der Waals surface area contributed by atoms with E-state index in [0.717, 1.165) is 0 Å². The van der Waals surface area contributed by atoms with Crippen molar-refractivity contribution in [3.05, 3.63) is 12.7 Å². The average Bonchev–Trinajstić information content (AvgIpc) is 3.22. The van der Waals surface area contributed by atoms with Gasteiger partial charge in [0.15, 0.2) is 34.3 Å². The molecule has 1 unspecified atom stereocenters. The zero-order chi connectivity index (χ0) is 25.0. The summed E-state index contributed by atoms with van der Waals surface area (Å²) in [5.41, 5.74) is 13.4. The first kappa shape index (κ1) is 26.2. The van der Waals surface area contributed by atoms with E-state index in [9.17, 15) is 0 Å². The Hall–Kier alpha value is -1.38. The number of rotatable bonds is 6. The number of nitrogens with two attached hydrogens (primary N) is 2. The van der Waals surface area contributed by atoms with Crippen LogP contribution in [0.5, 0.6) is 0 Å². The van der Waals surface area contributed by atoms with Crippen molar-refractivity contribution in [2.24, 2.45) is 5.73 Å². The zero-order valence-corrected chi connectivity index (χ0v) is 23.8. The van der Waals surface area contributed by atoms with Crippen molar-refractivity contribution >= 4 is 33.6 Å². The molecular formula is C22H42N6O3Si2. The van der Waals surface area contributed by atoms with Crippen molar-refractivity contribution in [2.45, 2.75) is 102 Å². The second-order valence-corrected chi connectivity index (χ2v) is 21.6. The first-order chi connectivity index (χ1) is 15.0. The summed E-state index contributed by atoms with van der Waals surface area (Å²) in [6.07, 6.45) is 1.69. The monoisotopic (exact) mass is 494 g/mol. The molecule has 1 aliphatic rings. The zero-order valence-electron chi connectivity index (χ0n) is 21.8. The lowest BCUT2D eigenvalue weighted by atomic mass is 10.1. The van der Waals surface area contributed by atoms with Crippen molar-refractivity contribution in [3.63, 3.8) is 0 Å². The molecule has 0 spiro atoms. The largest absolute Gasteiger partial charge is 0.408 e. The van der Waals surface area contributed by atoms with Crippen LogP contribution in [0.25, 0.3) is 11.2 Å². The van der Waals surface area contributed by atoms with Crippen molar-refractivity contribution in [2.75, 3.05) is 12.3 Å². The SMILES string of the molecule is CC(C)(C)[Si](C)(C)OC1[C@@H](O[Si](C)(C)C(C)(C)C)[C@@H](CN)O[C@H]1n1cnc2c(N)ncnc21. The molecule has 186 valence electrons. The maximum absolute atomic E-state index is 7.01. The predicted molar refractivity (Wildman–Crippen MR) is 137 cm³/mol. The van der Waals surface area contributed by atoms with Crippen LogP contribution in [-0.4, -0.2) is 61.0 Å². The van der Waals surface area contributed by atoms with Gasteiger partial charge in [-0.25, -0.2) is 15.0 Å². The van der Waals surface area contributed by atoms with Crippen LogP contribution < -0.4 is 11.5 Å². The number of imidazole rings is 1. The van der Waals surface area contributed by atoms with Gasteiger partial charge in [-0.15, -0.1) is 0 Å². The van der Waals surface area contributed by atoms with E-state index >= 15 is 0 Å². The van der Waals surface area contributed by atoms with Gasteiger partial charge >= 0.3 is 0 Å². The Morgan fingerprint density at radius 2 is 1.48 bits per heavy atom. The molecule has 0 bridgehead atoms. The molecule has 11 heteroatoms. The Kier molecular flexibility index (Phi) is 6.90. The lowest BCUT2D eigenvalue weighted by Gasteiger charge is -2.44. The lowest BCUT2D eigenvalue weighted by Crippen LogP contribution is -2.54. The lowest BCUT2D eigenvalue weighted by molar-refractivity contribution is -0.0286. The second-order valence-electron chi connectivity index (χ2n) is 12.1. The third-order valence-electron chi connectivity index (χ3n) is 7.65. The van der Waals surface area contributed by atoms with Gasteiger partial charge < -0.3 is 25.1 Å². The summed E-state index contributed by atoms with van der Waals surface area (Å²) in [6.45, 7) is 22.7. The van der Waals surface area contributed by atoms with Gasteiger partial charge in [-0.2, -0.15) is 0 Å². The Bertz CT molecular complexity index is 983. The molecule has 33 heavy (non-hydrogen) atoms. The smallest absolute Gasteiger partial charge is 0.192 e. The number of anilines is 1. The first-order valence-corrected chi connectivity index (χ1v) is 17.5. The minimum Gasteiger partial charge on any atom is -0.408 e. The van der Waals surface area contributed by atoms with Crippen molar-refractivity contribution in [1.82, 2.24) is 19.5 Å². The fourth-order valence-corrected chi connectivity index (χ4v) is 6.08. The summed E-state index contributed by atoms with van der Waals surface area (Å²) in [5.74, 6) is 0.336. The summed E-state index contributed by atoms with van der Waals surface area (Å²) >= 11 is 0. The molecule has 2 aromatic heterocycles. The number of aromatic nitrogens is 4. The van der Waals surface area contributed by atoms with Gasteiger partial charge in [-0.1, -0.05) is 41.5 Å². The Balaban J connectivity index is 2.10. The maximum atomic E-state index is 7.01. The van der Waals surface area contributed by atoms with Crippen LogP contribution in [0.1, 0.15) is 47.8 Å². The highest BCUT2D eigenvalue weighted by molar-refractivity contribution is 6.74. The van der Waals surface area contributed by atoms with Crippen LogP contribution >= 0.6 is 0 Å². The summed E-state index contributed by atoms with van der Waals surface area (Å²) in [4.78, 5) is 13.0. The maximum Gasteiger partial charge on any atom is 0.192 e. The Morgan fingerprint density at radius 1 is 0.939 bits per heavy atom. The molecule has 4 atom stereocenters. The van der Waals surface area contributed by atoms with E-state index in [1.54, 1.807) is 6.33 Å². The van der Waals surface area contributed by atoms with Gasteiger partial charge in [-0.05, 0) is 36.3 Å². The molecule has 1 fully saturated rings. The molecule has 9 nitrogen and oxygen atoms in total. The first-order valence-electron chi connectivity index (χ1n) is 11.6. The average molecular weight is 495 g/mol. The van der Waals surface area contributed by atoms with Gasteiger partial charge in [0.25, 0.3) is 0 Å². The van der Waals surface area contributed by atoms with E-state index < -0.39 is 22.9 Å². The van der Waals surface area contributed by atoms with Gasteiger partial charge in [0.2, 0.25) is 0 Å². The molecule has 0 aromatic carbocycles. The highest BCUT2D eigenvalue weighted by Gasteiger charge is 2.54. The molecule has 4 N–H and O–H groups in total. The Labute approximate surface area is 199 Å². The topological polar surface area (TPSA) is 123 Å². The minimum absolute atomic E-state index is 0.0173. The fourth-order valence-electron chi connectivity index (χ4n) is 3.48. The summed E-state index contributed by atoms with van der Waals surface area (Å²) in [7, 11) is -4.32. The van der Waals surface area contributed by atoms with Crippen molar-refractivity contribution in [1.29, 1.82) is 0 Å². The number of nitrogen functional groups attached to an aromatic ring is 1. The van der Waals surface area contributed by atoms with Crippen molar-refractivity contribution < 1.29 is 13.6 Å². The highest BCUT2D eigenvalue weighted by Crippen LogP contribution is 2.45. The molecular weight excluding hydrogens is 452 g/mol. The number of hydrogen-bond donors (Lipinski definition) is 2. The molecule has 3 rings (SSSR count). The van der Waals surface area contributed by atoms with Crippen LogP contribution in [0.15, 0.2) is 12.7 Å². The van der Waals surface area contributed by atoms with Gasteiger partial charge in [-0.3, -0.25) is 4.57 Å². The normalized spacial score (nSPS) is 25.2. The van der Waals surface area contributed by atoms with Crippen LogP contribution in [0.2, 0.25) is 36.3 Å². The molecule has 0 aliphatic carbocycles. The number of nitrogens with zero attached hydrogens (tertiary/aromatic N) is 4. The summed E-state index contributed by atoms with van der Waals surface area (Å²) < 4.78 is 22.4. The quantitative estimate of drug-likeness (QED) is 0.577. The van der Waals surface area contributed by atoms with Gasteiger partial charge in [0.05, 0.1) is 12.4 Å². The predicted octanol–water partition coefficient (Wildman–Crippen LogP) is 4.05. The van der Waals surface area contributed by atoms with Crippen LogP contribution in [0.4, 0.5) is 5.82 Å². The van der Waals surface area contributed by atoms with Crippen LogP contribution in [0, 0.1) is 0 Å². The van der Waals surface area contributed by atoms with Gasteiger partial charge in [0.1, 0.15) is 24.1 Å². The standard InChI is InChI=1S/C22H42N6O3Si2/c1-21(2,3)32(7,8)30-16-14(11-23)29-20(17(16)31-33(9,10)22(4,5)6)28-13-27-15-18(24)25-12-26-19(15)28/h12-14,16-17,20H,11,23H2,1-10H3,(H2,24,25,26)/t14-,16+,17?,20-/m1/s1. The molecule has 1 aliphatic heterocycles. The van der Waals surface area contributed by atoms with E-state index in [1.807, 2.05) is 4.57 Å². The molecule has 3 heterocycles. The van der Waals surface area contributed by atoms with Crippen molar-refractivity contribution in [3.8, 4) is 0 Å². The highest BCUT2D eigenvalue weighted by atomic mass is 28.4. The molecule has 2 aromatic rings. The van der Waals surface area contributed by atoms with E-state index in [1.165, 1.54) is 6.33 Å². The number of fused-ring (bicyclic) bond motifs is 1. The van der Waals surface area contributed by atoms with Gasteiger partial charge in [0, 0.05) is 6.54 Å². The Morgan fingerprint density at radius 3 is 2.00 bits per heavy atom. The second kappa shape index (κ2) is 8.69. The van der Waals surface area contributed by atoms with E-state index in [-0.39, 0.29) is 28.4 Å². The molecule has 1 saturated heterocycles. The van der Waals surface area contributed by atoms with Crippen LogP contribution in [-0.2, 0) is 13.6 Å². The molecule has 0 radical (unpaired) electrons. The summed E-state index contributed by atoms with van der Waals surface area (Å²) in [5, 5.41) is 0.0542. The molecule has 0 amide bonds. The minimum atomic E-state index is -2.18. The summed E-state index contributed by atoms with van der Waals surface area (Å²) in [6, 6.07) is 0. The number of hydrogen-bond acceptors (Lipinski definition) is 8. The molecule has 0 saturated carbocycles. The number of ether oxygens (including phenoxy) is 1. The van der Waals surface area contributed by atoms with E-state index in [0.29, 0.717) is 23.5 Å². The third-order valence-corrected chi connectivity index (χ3v) is 16.6. The fraction of sp³-hybridized carbons (Fsp3) is 0.773. The van der Waals surface area contributed by atoms with E-state index in [2.05, 4.69) is 82.7 Å². The third kappa shape index (κ3) is 4.89. The van der Waals surface area contributed by atoms with E-state index in [4.69, 9.17) is 25.1 Å².